The van der Waals surface area contributed by atoms with Crippen LogP contribution in [0.4, 0.5) is 0 Å². The van der Waals surface area contributed by atoms with Gasteiger partial charge >= 0.3 is 0 Å². The highest BCUT2D eigenvalue weighted by Gasteiger charge is 2.09. The molecule has 1 unspecified atom stereocenters. The number of nitrogens with one attached hydrogen (secondary N) is 1. The zero-order valence-corrected chi connectivity index (χ0v) is 12.9. The first-order valence-electron chi connectivity index (χ1n) is 7.14. The molecule has 0 bridgehead atoms. The van der Waals surface area contributed by atoms with Gasteiger partial charge in [0.15, 0.2) is 0 Å². The predicted molar refractivity (Wildman–Crippen MR) is 81.4 cm³/mol. The minimum Gasteiger partial charge on any atom is -0.497 e. The molecule has 1 aromatic carbocycles. The third-order valence-corrected chi connectivity index (χ3v) is 3.25. The summed E-state index contributed by atoms with van der Waals surface area (Å²) in [5.74, 6) is 1.48. The lowest BCUT2D eigenvalue weighted by atomic mass is 9.96. The Morgan fingerprint density at radius 2 is 2.00 bits per heavy atom. The summed E-state index contributed by atoms with van der Waals surface area (Å²) in [5.41, 5.74) is 1.31. The van der Waals surface area contributed by atoms with Crippen LogP contribution in [-0.2, 0) is 15.9 Å². The molecule has 20 heavy (non-hydrogen) atoms. The Bertz CT molecular complexity index is 357. The normalized spacial score (nSPS) is 12.3. The van der Waals surface area contributed by atoms with E-state index in [4.69, 9.17) is 14.2 Å². The Labute approximate surface area is 122 Å². The summed E-state index contributed by atoms with van der Waals surface area (Å²) in [6, 6.07) is 8.27. The Morgan fingerprint density at radius 1 is 1.15 bits per heavy atom. The van der Waals surface area contributed by atoms with Crippen LogP contribution in [0.3, 0.4) is 0 Å². The average Bonchev–Trinajstić information content (AvgIpc) is 2.47. The minimum absolute atomic E-state index is 0.564. The largest absolute Gasteiger partial charge is 0.497 e. The lowest BCUT2D eigenvalue weighted by Gasteiger charge is -2.17. The summed E-state index contributed by atoms with van der Waals surface area (Å²) in [4.78, 5) is 0. The van der Waals surface area contributed by atoms with Crippen LogP contribution in [0, 0.1) is 5.92 Å². The highest BCUT2D eigenvalue weighted by atomic mass is 16.5. The molecule has 1 rings (SSSR count). The Morgan fingerprint density at radius 3 is 2.70 bits per heavy atom. The van der Waals surface area contributed by atoms with Crippen molar-refractivity contribution in [3.8, 4) is 5.75 Å². The zero-order valence-electron chi connectivity index (χ0n) is 12.9. The van der Waals surface area contributed by atoms with E-state index in [0.29, 0.717) is 19.1 Å². The molecule has 0 aromatic heterocycles. The SMILES string of the molecule is CNCC(CCOCCOC)Cc1cccc(OC)c1. The third-order valence-electron chi connectivity index (χ3n) is 3.25. The van der Waals surface area contributed by atoms with Crippen LogP contribution in [0.25, 0.3) is 0 Å². The number of hydrogen-bond acceptors (Lipinski definition) is 4. The molecular weight excluding hydrogens is 254 g/mol. The number of methoxy groups -OCH3 is 2. The van der Waals surface area contributed by atoms with E-state index < -0.39 is 0 Å². The summed E-state index contributed by atoms with van der Waals surface area (Å²) in [6.07, 6.45) is 2.08. The maximum absolute atomic E-state index is 5.56. The molecule has 0 radical (unpaired) electrons. The van der Waals surface area contributed by atoms with Gasteiger partial charge < -0.3 is 19.5 Å². The van der Waals surface area contributed by atoms with Gasteiger partial charge in [-0.15, -0.1) is 0 Å². The van der Waals surface area contributed by atoms with E-state index in [-0.39, 0.29) is 0 Å². The van der Waals surface area contributed by atoms with Crippen LogP contribution in [0.5, 0.6) is 5.75 Å². The highest BCUT2D eigenvalue weighted by Crippen LogP contribution is 2.17. The van der Waals surface area contributed by atoms with Crippen molar-refractivity contribution < 1.29 is 14.2 Å². The molecule has 0 aliphatic carbocycles. The molecule has 0 heterocycles. The fourth-order valence-corrected chi connectivity index (χ4v) is 2.19. The summed E-state index contributed by atoms with van der Waals surface area (Å²) < 4.78 is 15.8. The summed E-state index contributed by atoms with van der Waals surface area (Å²) >= 11 is 0. The van der Waals surface area contributed by atoms with Gasteiger partial charge in [0.1, 0.15) is 5.75 Å². The number of benzene rings is 1. The average molecular weight is 281 g/mol. The van der Waals surface area contributed by atoms with Gasteiger partial charge in [0.2, 0.25) is 0 Å². The van der Waals surface area contributed by atoms with Crippen LogP contribution in [0.2, 0.25) is 0 Å². The molecule has 0 saturated heterocycles. The van der Waals surface area contributed by atoms with Crippen molar-refractivity contribution in [2.75, 3.05) is 47.6 Å². The van der Waals surface area contributed by atoms with Crippen LogP contribution in [0.15, 0.2) is 24.3 Å². The number of ether oxygens (including phenoxy) is 3. The van der Waals surface area contributed by atoms with Crippen molar-refractivity contribution in [3.05, 3.63) is 29.8 Å². The van der Waals surface area contributed by atoms with Crippen molar-refractivity contribution in [1.29, 1.82) is 0 Å². The van der Waals surface area contributed by atoms with E-state index in [9.17, 15) is 0 Å². The van der Waals surface area contributed by atoms with Gasteiger partial charge in [0.05, 0.1) is 20.3 Å². The molecule has 4 heteroatoms. The maximum Gasteiger partial charge on any atom is 0.119 e. The quantitative estimate of drug-likeness (QED) is 0.631. The molecule has 0 aliphatic heterocycles. The second-order valence-corrected chi connectivity index (χ2v) is 4.87. The second kappa shape index (κ2) is 10.7. The Balaban J connectivity index is 2.40. The molecule has 0 aliphatic rings. The van der Waals surface area contributed by atoms with Crippen LogP contribution >= 0.6 is 0 Å². The van der Waals surface area contributed by atoms with E-state index in [1.807, 2.05) is 19.2 Å². The fraction of sp³-hybridized carbons (Fsp3) is 0.625. The lowest BCUT2D eigenvalue weighted by molar-refractivity contribution is 0.0637. The zero-order chi connectivity index (χ0) is 14.6. The van der Waals surface area contributed by atoms with Crippen molar-refractivity contribution >= 4 is 0 Å². The van der Waals surface area contributed by atoms with Gasteiger partial charge in [0, 0.05) is 13.7 Å². The Hall–Kier alpha value is -1.10. The van der Waals surface area contributed by atoms with Crippen molar-refractivity contribution in [2.45, 2.75) is 12.8 Å². The molecule has 1 N–H and O–H groups in total. The molecule has 0 fully saturated rings. The maximum atomic E-state index is 5.56. The summed E-state index contributed by atoms with van der Waals surface area (Å²) in [6.45, 7) is 3.10. The minimum atomic E-state index is 0.564. The van der Waals surface area contributed by atoms with Gasteiger partial charge in [0.25, 0.3) is 0 Å². The number of rotatable bonds is 11. The van der Waals surface area contributed by atoms with Crippen LogP contribution < -0.4 is 10.1 Å². The van der Waals surface area contributed by atoms with Gasteiger partial charge in [-0.3, -0.25) is 0 Å². The van der Waals surface area contributed by atoms with Gasteiger partial charge in [-0.2, -0.15) is 0 Å². The molecule has 0 saturated carbocycles. The second-order valence-electron chi connectivity index (χ2n) is 4.87. The van der Waals surface area contributed by atoms with Gasteiger partial charge in [-0.05, 0) is 50.0 Å². The molecule has 0 spiro atoms. The van der Waals surface area contributed by atoms with E-state index in [1.54, 1.807) is 14.2 Å². The molecule has 4 nitrogen and oxygen atoms in total. The third kappa shape index (κ3) is 6.89. The van der Waals surface area contributed by atoms with Crippen LogP contribution in [0.1, 0.15) is 12.0 Å². The Kier molecular flexibility index (Phi) is 9.04. The standard InChI is InChI=1S/C16H27NO3/c1-17-13-15(7-8-20-10-9-18-2)11-14-5-4-6-16(12-14)19-3/h4-6,12,15,17H,7-11,13H2,1-3H3. The summed E-state index contributed by atoms with van der Waals surface area (Å²) in [7, 11) is 5.38. The van der Waals surface area contributed by atoms with E-state index in [1.165, 1.54) is 5.56 Å². The monoisotopic (exact) mass is 281 g/mol. The van der Waals surface area contributed by atoms with E-state index in [0.717, 1.165) is 31.7 Å². The van der Waals surface area contributed by atoms with Crippen LogP contribution in [-0.4, -0.2) is 47.6 Å². The smallest absolute Gasteiger partial charge is 0.119 e. The fourth-order valence-electron chi connectivity index (χ4n) is 2.19. The summed E-state index contributed by atoms with van der Waals surface area (Å²) in [5, 5.41) is 3.26. The van der Waals surface area contributed by atoms with Crippen molar-refractivity contribution in [2.24, 2.45) is 5.92 Å². The van der Waals surface area contributed by atoms with Gasteiger partial charge in [-0.1, -0.05) is 12.1 Å². The number of hydrogen-bond donors (Lipinski definition) is 1. The lowest BCUT2D eigenvalue weighted by Crippen LogP contribution is -2.22. The van der Waals surface area contributed by atoms with Gasteiger partial charge in [-0.25, -0.2) is 0 Å². The van der Waals surface area contributed by atoms with Crippen molar-refractivity contribution in [3.63, 3.8) is 0 Å². The topological polar surface area (TPSA) is 39.7 Å². The van der Waals surface area contributed by atoms with E-state index >= 15 is 0 Å². The first-order chi connectivity index (χ1) is 9.80. The molecule has 0 amide bonds. The van der Waals surface area contributed by atoms with Crippen molar-refractivity contribution in [1.82, 2.24) is 5.32 Å². The molecule has 114 valence electrons. The van der Waals surface area contributed by atoms with E-state index in [2.05, 4.69) is 17.4 Å². The first kappa shape index (κ1) is 17.0. The molecule has 1 atom stereocenters. The highest BCUT2D eigenvalue weighted by molar-refractivity contribution is 5.28. The molecule has 1 aromatic rings. The molecular formula is C16H27NO3. The first-order valence-corrected chi connectivity index (χ1v) is 7.14. The predicted octanol–water partition coefficient (Wildman–Crippen LogP) is 2.13.